The molecule has 0 aliphatic heterocycles. The lowest BCUT2D eigenvalue weighted by Gasteiger charge is -2.04. The summed E-state index contributed by atoms with van der Waals surface area (Å²) in [4.78, 5) is 16.1. The Morgan fingerprint density at radius 1 is 1.56 bits per heavy atom. The van der Waals surface area contributed by atoms with Gasteiger partial charge in [0.05, 0.1) is 15.0 Å². The van der Waals surface area contributed by atoms with Crippen molar-refractivity contribution >= 4 is 64.5 Å². The number of hydrogen-bond acceptors (Lipinski definition) is 3. The highest BCUT2D eigenvalue weighted by atomic mass is 79.9. The van der Waals surface area contributed by atoms with Crippen LogP contribution in [-0.4, -0.2) is 15.7 Å². The van der Waals surface area contributed by atoms with Gasteiger partial charge in [-0.3, -0.25) is 4.79 Å². The molecule has 1 amide bonds. The Labute approximate surface area is 126 Å². The molecule has 1 aromatic carbocycles. The van der Waals surface area contributed by atoms with E-state index in [1.807, 2.05) is 26.0 Å². The van der Waals surface area contributed by atoms with Gasteiger partial charge in [-0.25, -0.2) is 4.98 Å². The Morgan fingerprint density at radius 2 is 2.28 bits per heavy atom. The molecule has 96 valence electrons. The van der Waals surface area contributed by atoms with E-state index < -0.39 is 0 Å². The summed E-state index contributed by atoms with van der Waals surface area (Å²) >= 11 is 8.28. The smallest absolute Gasteiger partial charge is 0.239 e. The Bertz CT molecular complexity index is 597. The van der Waals surface area contributed by atoms with Crippen molar-refractivity contribution in [1.82, 2.24) is 4.98 Å². The topological polar surface area (TPSA) is 42.0 Å². The average molecular weight is 392 g/mol. The van der Waals surface area contributed by atoms with Gasteiger partial charge in [0.25, 0.3) is 0 Å². The standard InChI is InChI=1S/C12H12Br2N2OS/c1-3-8(14)11(17)16-12-15-10-6(2)4-7(13)5-9(10)18-12/h4-5,8H,3H2,1-2H3,(H,15,16,17)/t8-/m1/s1. The highest BCUT2D eigenvalue weighted by Gasteiger charge is 2.15. The van der Waals surface area contributed by atoms with Crippen molar-refractivity contribution in [1.29, 1.82) is 0 Å². The van der Waals surface area contributed by atoms with Crippen LogP contribution in [0.15, 0.2) is 16.6 Å². The molecule has 0 unspecified atom stereocenters. The Kier molecular flexibility index (Phi) is 4.40. The number of thiazole rings is 1. The van der Waals surface area contributed by atoms with Gasteiger partial charge in [0.15, 0.2) is 5.13 Å². The van der Waals surface area contributed by atoms with E-state index in [1.165, 1.54) is 11.3 Å². The second-order valence-electron chi connectivity index (χ2n) is 3.95. The van der Waals surface area contributed by atoms with E-state index in [0.29, 0.717) is 5.13 Å². The SMILES string of the molecule is CC[C@@H](Br)C(=O)Nc1nc2c(C)cc(Br)cc2s1. The molecule has 2 aromatic rings. The van der Waals surface area contributed by atoms with Crippen molar-refractivity contribution < 1.29 is 4.79 Å². The van der Waals surface area contributed by atoms with Crippen molar-refractivity contribution in [3.8, 4) is 0 Å². The van der Waals surface area contributed by atoms with Gasteiger partial charge in [0.2, 0.25) is 5.91 Å². The number of carbonyl (C=O) groups is 1. The van der Waals surface area contributed by atoms with Crippen LogP contribution < -0.4 is 5.32 Å². The number of aromatic nitrogens is 1. The Morgan fingerprint density at radius 3 is 2.94 bits per heavy atom. The van der Waals surface area contributed by atoms with E-state index in [-0.39, 0.29) is 10.7 Å². The number of rotatable bonds is 3. The number of nitrogens with zero attached hydrogens (tertiary/aromatic N) is 1. The minimum absolute atomic E-state index is 0.0479. The van der Waals surface area contributed by atoms with Gasteiger partial charge < -0.3 is 5.32 Å². The minimum atomic E-state index is -0.169. The summed E-state index contributed by atoms with van der Waals surface area (Å²) in [6.07, 6.45) is 0.751. The molecule has 2 rings (SSSR count). The zero-order valence-electron chi connectivity index (χ0n) is 9.96. The summed E-state index contributed by atoms with van der Waals surface area (Å²) in [5.41, 5.74) is 2.04. The van der Waals surface area contributed by atoms with Gasteiger partial charge in [-0.15, -0.1) is 0 Å². The first-order valence-electron chi connectivity index (χ1n) is 5.53. The third kappa shape index (κ3) is 2.92. The normalized spacial score (nSPS) is 12.7. The first kappa shape index (κ1) is 14.0. The van der Waals surface area contributed by atoms with Crippen LogP contribution in [0.2, 0.25) is 0 Å². The van der Waals surface area contributed by atoms with Crippen LogP contribution in [-0.2, 0) is 4.79 Å². The summed E-state index contributed by atoms with van der Waals surface area (Å²) < 4.78 is 2.10. The molecule has 0 fully saturated rings. The van der Waals surface area contributed by atoms with Gasteiger partial charge in [0.1, 0.15) is 0 Å². The number of nitrogens with one attached hydrogen (secondary N) is 1. The van der Waals surface area contributed by atoms with Crippen molar-refractivity contribution in [2.45, 2.75) is 25.1 Å². The summed E-state index contributed by atoms with van der Waals surface area (Å²) in [7, 11) is 0. The van der Waals surface area contributed by atoms with Crippen molar-refractivity contribution in [3.05, 3.63) is 22.2 Å². The minimum Gasteiger partial charge on any atom is -0.301 e. The zero-order valence-corrected chi connectivity index (χ0v) is 13.9. The summed E-state index contributed by atoms with van der Waals surface area (Å²) in [5.74, 6) is -0.0479. The molecule has 0 saturated carbocycles. The fourth-order valence-corrected chi connectivity index (χ4v) is 3.40. The van der Waals surface area contributed by atoms with Crippen LogP contribution in [0.5, 0.6) is 0 Å². The zero-order chi connectivity index (χ0) is 13.3. The quantitative estimate of drug-likeness (QED) is 0.783. The maximum Gasteiger partial charge on any atom is 0.239 e. The third-order valence-corrected chi connectivity index (χ3v) is 4.96. The number of anilines is 1. The van der Waals surface area contributed by atoms with Crippen LogP contribution in [0, 0.1) is 6.92 Å². The van der Waals surface area contributed by atoms with Crippen molar-refractivity contribution in [2.75, 3.05) is 5.32 Å². The van der Waals surface area contributed by atoms with Gasteiger partial charge in [-0.2, -0.15) is 0 Å². The third-order valence-electron chi connectivity index (χ3n) is 2.52. The van der Waals surface area contributed by atoms with Crippen LogP contribution in [0.25, 0.3) is 10.2 Å². The average Bonchev–Trinajstić information content (AvgIpc) is 2.70. The number of aryl methyl sites for hydroxylation is 1. The molecule has 0 aliphatic rings. The highest BCUT2D eigenvalue weighted by molar-refractivity contribution is 9.10. The second-order valence-corrected chi connectivity index (χ2v) is 7.01. The molecule has 0 spiro atoms. The molecule has 0 bridgehead atoms. The van der Waals surface area contributed by atoms with Crippen molar-refractivity contribution in [2.24, 2.45) is 0 Å². The number of carbonyl (C=O) groups excluding carboxylic acids is 1. The molecule has 3 nitrogen and oxygen atoms in total. The fraction of sp³-hybridized carbons (Fsp3) is 0.333. The van der Waals surface area contributed by atoms with E-state index in [1.54, 1.807) is 0 Å². The maximum atomic E-state index is 11.8. The molecule has 1 N–H and O–H groups in total. The van der Waals surface area contributed by atoms with Gasteiger partial charge in [0, 0.05) is 4.47 Å². The van der Waals surface area contributed by atoms with E-state index in [2.05, 4.69) is 42.2 Å². The molecule has 18 heavy (non-hydrogen) atoms. The van der Waals surface area contributed by atoms with Gasteiger partial charge in [-0.05, 0) is 31.0 Å². The Balaban J connectivity index is 2.31. The molecule has 0 saturated heterocycles. The van der Waals surface area contributed by atoms with E-state index >= 15 is 0 Å². The maximum absolute atomic E-state index is 11.8. The van der Waals surface area contributed by atoms with Crippen LogP contribution >= 0.6 is 43.2 Å². The van der Waals surface area contributed by atoms with Crippen LogP contribution in [0.3, 0.4) is 0 Å². The van der Waals surface area contributed by atoms with Crippen LogP contribution in [0.1, 0.15) is 18.9 Å². The lowest BCUT2D eigenvalue weighted by atomic mass is 10.2. The molecular weight excluding hydrogens is 380 g/mol. The number of benzene rings is 1. The number of alkyl halides is 1. The van der Waals surface area contributed by atoms with Crippen molar-refractivity contribution in [3.63, 3.8) is 0 Å². The summed E-state index contributed by atoms with van der Waals surface area (Å²) in [6.45, 7) is 3.97. The monoisotopic (exact) mass is 390 g/mol. The summed E-state index contributed by atoms with van der Waals surface area (Å²) in [5, 5.41) is 3.48. The van der Waals surface area contributed by atoms with E-state index in [4.69, 9.17) is 0 Å². The number of hydrogen-bond donors (Lipinski definition) is 1. The van der Waals surface area contributed by atoms with E-state index in [9.17, 15) is 4.79 Å². The molecule has 0 aliphatic carbocycles. The number of halogens is 2. The van der Waals surface area contributed by atoms with Crippen LogP contribution in [0.4, 0.5) is 5.13 Å². The predicted molar refractivity (Wildman–Crippen MR) is 83.7 cm³/mol. The molecule has 0 radical (unpaired) electrons. The van der Waals surface area contributed by atoms with Gasteiger partial charge >= 0.3 is 0 Å². The fourth-order valence-electron chi connectivity index (χ4n) is 1.58. The molecule has 1 atom stereocenters. The molecule has 1 heterocycles. The first-order chi connectivity index (χ1) is 8.51. The lowest BCUT2D eigenvalue weighted by molar-refractivity contribution is -0.115. The Hall–Kier alpha value is -0.460. The highest BCUT2D eigenvalue weighted by Crippen LogP contribution is 2.31. The number of fused-ring (bicyclic) bond motifs is 1. The molecule has 6 heteroatoms. The summed E-state index contributed by atoms with van der Waals surface area (Å²) in [6, 6.07) is 4.04. The number of amides is 1. The largest absolute Gasteiger partial charge is 0.301 e. The lowest BCUT2D eigenvalue weighted by Crippen LogP contribution is -2.21. The first-order valence-corrected chi connectivity index (χ1v) is 8.05. The second kappa shape index (κ2) is 5.67. The van der Waals surface area contributed by atoms with Gasteiger partial charge in [-0.1, -0.05) is 50.1 Å². The predicted octanol–water partition coefficient (Wildman–Crippen LogP) is 4.48. The van der Waals surface area contributed by atoms with E-state index in [0.717, 1.165) is 26.7 Å². The molecule has 1 aromatic heterocycles. The molecular formula is C12H12Br2N2OS.